The van der Waals surface area contributed by atoms with E-state index >= 15 is 0 Å². The summed E-state index contributed by atoms with van der Waals surface area (Å²) in [5, 5.41) is 19.4. The molecule has 7 heteroatoms. The van der Waals surface area contributed by atoms with Gasteiger partial charge in [0.15, 0.2) is 0 Å². The molecule has 0 aliphatic heterocycles. The topological polar surface area (TPSA) is 58.9 Å². The standard InChI is InChI=1S/C14H13BCl2O4/c1-20-13-5-2-10(15(18)19)6-9(13)8-21-14-7-11(16)3-4-12(14)17/h2-7,18-19H,8H2,1H3. The third-order valence-corrected chi connectivity index (χ3v) is 3.43. The van der Waals surface area contributed by atoms with Crippen molar-refractivity contribution in [3.8, 4) is 11.5 Å². The van der Waals surface area contributed by atoms with Crippen LogP contribution in [0.3, 0.4) is 0 Å². The molecular formula is C14H13BCl2O4. The van der Waals surface area contributed by atoms with E-state index < -0.39 is 7.12 Å². The Morgan fingerprint density at radius 3 is 2.48 bits per heavy atom. The first-order valence-corrected chi connectivity index (χ1v) is 6.87. The fraction of sp³-hybridized carbons (Fsp3) is 0.143. The Hall–Kier alpha value is -1.40. The van der Waals surface area contributed by atoms with Crippen LogP contribution in [0, 0.1) is 0 Å². The summed E-state index contributed by atoms with van der Waals surface area (Å²) in [6.07, 6.45) is 0. The van der Waals surface area contributed by atoms with Crippen LogP contribution in [-0.2, 0) is 6.61 Å². The zero-order valence-corrected chi connectivity index (χ0v) is 12.7. The van der Waals surface area contributed by atoms with E-state index in [9.17, 15) is 10.0 Å². The van der Waals surface area contributed by atoms with Gasteiger partial charge in [0.1, 0.15) is 18.1 Å². The zero-order chi connectivity index (χ0) is 15.4. The van der Waals surface area contributed by atoms with Crippen molar-refractivity contribution in [3.05, 3.63) is 52.0 Å². The van der Waals surface area contributed by atoms with E-state index in [-0.39, 0.29) is 6.61 Å². The molecule has 0 aromatic heterocycles. The molecule has 0 aliphatic carbocycles. The van der Waals surface area contributed by atoms with Crippen LogP contribution in [0.5, 0.6) is 11.5 Å². The maximum absolute atomic E-state index is 9.21. The smallest absolute Gasteiger partial charge is 0.488 e. The largest absolute Gasteiger partial charge is 0.496 e. The Morgan fingerprint density at radius 2 is 1.81 bits per heavy atom. The molecule has 110 valence electrons. The highest BCUT2D eigenvalue weighted by atomic mass is 35.5. The highest BCUT2D eigenvalue weighted by molar-refractivity contribution is 6.58. The fourth-order valence-electron chi connectivity index (χ4n) is 1.82. The summed E-state index contributed by atoms with van der Waals surface area (Å²) in [7, 11) is -0.0234. The number of hydrogen-bond acceptors (Lipinski definition) is 4. The van der Waals surface area contributed by atoms with Crippen molar-refractivity contribution in [1.82, 2.24) is 0 Å². The van der Waals surface area contributed by atoms with Gasteiger partial charge in [-0.1, -0.05) is 35.3 Å². The lowest BCUT2D eigenvalue weighted by Gasteiger charge is -2.13. The first-order valence-electron chi connectivity index (χ1n) is 6.12. The summed E-state index contributed by atoms with van der Waals surface area (Å²) < 4.78 is 10.8. The average Bonchev–Trinajstić information content (AvgIpc) is 2.47. The molecule has 0 spiro atoms. The molecule has 0 fully saturated rings. The van der Waals surface area contributed by atoms with Gasteiger partial charge in [0.05, 0.1) is 12.1 Å². The Bertz CT molecular complexity index is 634. The Morgan fingerprint density at radius 1 is 1.05 bits per heavy atom. The molecule has 0 saturated heterocycles. The predicted molar refractivity (Wildman–Crippen MR) is 83.6 cm³/mol. The first kappa shape index (κ1) is 16.0. The molecule has 2 aromatic carbocycles. The second-order valence-corrected chi connectivity index (χ2v) is 5.15. The van der Waals surface area contributed by atoms with Gasteiger partial charge < -0.3 is 19.5 Å². The average molecular weight is 327 g/mol. The Kier molecular flexibility index (Phi) is 5.36. The van der Waals surface area contributed by atoms with Gasteiger partial charge in [0, 0.05) is 16.7 Å². The maximum Gasteiger partial charge on any atom is 0.488 e. The van der Waals surface area contributed by atoms with Gasteiger partial charge in [-0.2, -0.15) is 0 Å². The summed E-state index contributed by atoms with van der Waals surface area (Å²) in [5.41, 5.74) is 1.02. The number of hydrogen-bond donors (Lipinski definition) is 2. The van der Waals surface area contributed by atoms with Crippen molar-refractivity contribution in [3.63, 3.8) is 0 Å². The zero-order valence-electron chi connectivity index (χ0n) is 11.2. The maximum atomic E-state index is 9.21. The Balaban J connectivity index is 2.22. The summed E-state index contributed by atoms with van der Waals surface area (Å²) in [5.74, 6) is 1.03. The quantitative estimate of drug-likeness (QED) is 0.827. The molecular weight excluding hydrogens is 314 g/mol. The lowest BCUT2D eigenvalue weighted by molar-refractivity contribution is 0.297. The minimum atomic E-state index is -1.55. The van der Waals surface area contributed by atoms with E-state index in [1.54, 1.807) is 36.4 Å². The van der Waals surface area contributed by atoms with Crippen molar-refractivity contribution in [2.24, 2.45) is 0 Å². The van der Waals surface area contributed by atoms with Gasteiger partial charge in [-0.3, -0.25) is 0 Å². The van der Waals surface area contributed by atoms with Crippen LogP contribution < -0.4 is 14.9 Å². The van der Waals surface area contributed by atoms with Gasteiger partial charge in [0.2, 0.25) is 0 Å². The molecule has 0 saturated carbocycles. The number of halogens is 2. The molecule has 0 amide bonds. The minimum Gasteiger partial charge on any atom is -0.496 e. The van der Waals surface area contributed by atoms with Gasteiger partial charge in [-0.15, -0.1) is 0 Å². The van der Waals surface area contributed by atoms with E-state index in [2.05, 4.69) is 0 Å². The van der Waals surface area contributed by atoms with Gasteiger partial charge in [-0.25, -0.2) is 0 Å². The van der Waals surface area contributed by atoms with Crippen LogP contribution in [0.4, 0.5) is 0 Å². The second kappa shape index (κ2) is 7.05. The molecule has 2 rings (SSSR count). The SMILES string of the molecule is COc1ccc(B(O)O)cc1COc1cc(Cl)ccc1Cl. The summed E-state index contributed by atoms with van der Waals surface area (Å²) in [6.45, 7) is 0.157. The number of ether oxygens (including phenoxy) is 2. The number of methoxy groups -OCH3 is 1. The van der Waals surface area contributed by atoms with Gasteiger partial charge in [0.25, 0.3) is 0 Å². The molecule has 2 N–H and O–H groups in total. The van der Waals surface area contributed by atoms with Crippen LogP contribution in [-0.4, -0.2) is 24.3 Å². The van der Waals surface area contributed by atoms with Crippen molar-refractivity contribution in [2.45, 2.75) is 6.61 Å². The number of benzene rings is 2. The molecule has 0 heterocycles. The Labute approximate surface area is 133 Å². The highest BCUT2D eigenvalue weighted by Crippen LogP contribution is 2.29. The normalized spacial score (nSPS) is 10.3. The van der Waals surface area contributed by atoms with E-state index in [0.717, 1.165) is 0 Å². The van der Waals surface area contributed by atoms with E-state index in [1.165, 1.54) is 7.11 Å². The molecule has 4 nitrogen and oxygen atoms in total. The molecule has 0 aliphatic rings. The molecule has 0 unspecified atom stereocenters. The van der Waals surface area contributed by atoms with E-state index in [1.807, 2.05) is 0 Å². The fourth-order valence-corrected chi connectivity index (χ4v) is 2.15. The molecule has 21 heavy (non-hydrogen) atoms. The second-order valence-electron chi connectivity index (χ2n) is 4.31. The monoisotopic (exact) mass is 326 g/mol. The van der Waals surface area contributed by atoms with Crippen LogP contribution in [0.1, 0.15) is 5.56 Å². The summed E-state index contributed by atoms with van der Waals surface area (Å²) >= 11 is 11.9. The van der Waals surface area contributed by atoms with Crippen LogP contribution in [0.2, 0.25) is 10.0 Å². The van der Waals surface area contributed by atoms with Crippen LogP contribution in [0.15, 0.2) is 36.4 Å². The van der Waals surface area contributed by atoms with Crippen molar-refractivity contribution in [1.29, 1.82) is 0 Å². The molecule has 0 bridgehead atoms. The lowest BCUT2D eigenvalue weighted by Crippen LogP contribution is -2.30. The van der Waals surface area contributed by atoms with Gasteiger partial charge in [-0.05, 0) is 23.7 Å². The highest BCUT2D eigenvalue weighted by Gasteiger charge is 2.14. The van der Waals surface area contributed by atoms with E-state index in [0.29, 0.717) is 32.6 Å². The van der Waals surface area contributed by atoms with Crippen LogP contribution in [0.25, 0.3) is 0 Å². The lowest BCUT2D eigenvalue weighted by atomic mass is 9.79. The minimum absolute atomic E-state index is 0.157. The van der Waals surface area contributed by atoms with Crippen LogP contribution >= 0.6 is 23.2 Å². The summed E-state index contributed by atoms with van der Waals surface area (Å²) in [4.78, 5) is 0. The van der Waals surface area contributed by atoms with Crippen molar-refractivity contribution < 1.29 is 19.5 Å². The van der Waals surface area contributed by atoms with E-state index in [4.69, 9.17) is 32.7 Å². The third-order valence-electron chi connectivity index (χ3n) is 2.88. The predicted octanol–water partition coefficient (Wildman–Crippen LogP) is 2.26. The third kappa shape index (κ3) is 4.05. The van der Waals surface area contributed by atoms with Gasteiger partial charge >= 0.3 is 7.12 Å². The molecule has 0 radical (unpaired) electrons. The number of rotatable bonds is 5. The van der Waals surface area contributed by atoms with Crippen molar-refractivity contribution >= 4 is 35.8 Å². The molecule has 0 atom stereocenters. The molecule has 2 aromatic rings. The summed E-state index contributed by atoms with van der Waals surface area (Å²) in [6, 6.07) is 9.74. The first-order chi connectivity index (χ1) is 10.0. The van der Waals surface area contributed by atoms with Crippen molar-refractivity contribution in [2.75, 3.05) is 7.11 Å².